The van der Waals surface area contributed by atoms with Crippen LogP contribution in [0.25, 0.3) is 21.3 Å². The van der Waals surface area contributed by atoms with Gasteiger partial charge in [0.05, 0.1) is 27.4 Å². The van der Waals surface area contributed by atoms with E-state index in [1.165, 1.54) is 17.4 Å². The van der Waals surface area contributed by atoms with Crippen LogP contribution in [0, 0.1) is 6.92 Å². The van der Waals surface area contributed by atoms with Crippen molar-refractivity contribution in [2.75, 3.05) is 27.9 Å². The average molecular weight is 517 g/mol. The second-order valence-electron chi connectivity index (χ2n) is 8.94. The Morgan fingerprint density at radius 3 is 2.49 bits per heavy atom. The van der Waals surface area contributed by atoms with Crippen LogP contribution in [0.5, 0.6) is 17.2 Å². The van der Waals surface area contributed by atoms with Gasteiger partial charge in [-0.3, -0.25) is 9.59 Å². The summed E-state index contributed by atoms with van der Waals surface area (Å²) in [5.74, 6) is 1.22. The second-order valence-corrected chi connectivity index (χ2v) is 9.82. The van der Waals surface area contributed by atoms with E-state index < -0.39 is 6.04 Å². The molecule has 0 aliphatic carbocycles. The van der Waals surface area contributed by atoms with E-state index in [2.05, 4.69) is 24.4 Å². The van der Waals surface area contributed by atoms with Crippen molar-refractivity contribution in [2.24, 2.45) is 0 Å². The van der Waals surface area contributed by atoms with Crippen LogP contribution < -0.4 is 14.2 Å². The molecule has 190 valence electrons. The van der Waals surface area contributed by atoms with Gasteiger partial charge in [0.25, 0.3) is 5.91 Å². The Bertz CT molecular complexity index is 1500. The summed E-state index contributed by atoms with van der Waals surface area (Å²) in [7, 11) is 4.67. The van der Waals surface area contributed by atoms with Gasteiger partial charge in [-0.25, -0.2) is 4.98 Å². The second kappa shape index (κ2) is 10.2. The highest BCUT2D eigenvalue weighted by Crippen LogP contribution is 2.39. The number of amides is 1. The lowest BCUT2D eigenvalue weighted by atomic mass is 10.0. The third-order valence-corrected chi connectivity index (χ3v) is 7.96. The number of Topliss-reactive ketones (excluding diaryl/α,β-unsaturated/α-hetero) is 1. The van der Waals surface area contributed by atoms with Crippen LogP contribution in [0.15, 0.2) is 53.9 Å². The molecule has 1 atom stereocenters. The minimum atomic E-state index is -0.587. The van der Waals surface area contributed by atoms with E-state index in [1.807, 2.05) is 6.07 Å². The van der Waals surface area contributed by atoms with Crippen molar-refractivity contribution < 1.29 is 23.8 Å². The molecule has 0 bridgehead atoms. The minimum Gasteiger partial charge on any atom is -0.494 e. The topological polar surface area (TPSA) is 78.0 Å². The lowest BCUT2D eigenvalue weighted by Crippen LogP contribution is -2.40. The Morgan fingerprint density at radius 2 is 1.73 bits per heavy atom. The van der Waals surface area contributed by atoms with Gasteiger partial charge in [-0.15, -0.1) is 11.3 Å². The monoisotopic (exact) mass is 516 g/mol. The number of methoxy groups -OCH3 is 3. The number of ether oxygens (including phenoxy) is 3. The van der Waals surface area contributed by atoms with E-state index in [-0.39, 0.29) is 11.7 Å². The molecule has 0 spiro atoms. The predicted molar refractivity (Wildman–Crippen MR) is 144 cm³/mol. The first-order valence-electron chi connectivity index (χ1n) is 12.1. The van der Waals surface area contributed by atoms with Crippen LogP contribution in [0.4, 0.5) is 0 Å². The van der Waals surface area contributed by atoms with Crippen LogP contribution in [-0.2, 0) is 0 Å². The van der Waals surface area contributed by atoms with E-state index in [0.29, 0.717) is 47.2 Å². The molecule has 1 amide bonds. The Hall–Kier alpha value is -3.91. The SMILES string of the molecule is COc1ccc(C(=O)N2CCC[C@H]2C(=O)c2ccc(OC)c(-c3csc4c(C)cccc34)n2)cc1OC. The van der Waals surface area contributed by atoms with E-state index in [9.17, 15) is 9.59 Å². The predicted octanol–water partition coefficient (Wildman–Crippen LogP) is 5.79. The molecule has 2 aromatic carbocycles. The minimum absolute atomic E-state index is 0.175. The number of ketones is 1. The Balaban J connectivity index is 1.48. The maximum atomic E-state index is 13.7. The maximum Gasteiger partial charge on any atom is 0.254 e. The molecule has 1 fully saturated rings. The zero-order valence-corrected chi connectivity index (χ0v) is 22.1. The molecular formula is C29H28N2O5S. The zero-order chi connectivity index (χ0) is 26.1. The van der Waals surface area contributed by atoms with Gasteiger partial charge in [0.15, 0.2) is 11.5 Å². The van der Waals surface area contributed by atoms with Crippen molar-refractivity contribution in [1.82, 2.24) is 9.88 Å². The summed E-state index contributed by atoms with van der Waals surface area (Å²) in [5.41, 5.74) is 3.51. The normalized spacial score (nSPS) is 15.1. The summed E-state index contributed by atoms with van der Waals surface area (Å²) in [6, 6.07) is 14.1. The summed E-state index contributed by atoms with van der Waals surface area (Å²) in [4.78, 5) is 33.6. The highest BCUT2D eigenvalue weighted by Gasteiger charge is 2.36. The summed E-state index contributed by atoms with van der Waals surface area (Å²) >= 11 is 1.65. The number of carbonyl (C=O) groups is 2. The molecule has 3 heterocycles. The van der Waals surface area contributed by atoms with E-state index in [4.69, 9.17) is 19.2 Å². The van der Waals surface area contributed by atoms with Gasteiger partial charge in [-0.1, -0.05) is 18.2 Å². The van der Waals surface area contributed by atoms with Crippen molar-refractivity contribution in [3.05, 3.63) is 70.7 Å². The van der Waals surface area contributed by atoms with E-state index in [1.54, 1.807) is 60.8 Å². The molecule has 4 aromatic rings. The number of hydrogen-bond acceptors (Lipinski definition) is 7. The van der Waals surface area contributed by atoms with E-state index in [0.717, 1.165) is 17.4 Å². The number of thiophene rings is 1. The third kappa shape index (κ3) is 4.42. The molecule has 0 radical (unpaired) electrons. The van der Waals surface area contributed by atoms with Crippen molar-refractivity contribution in [2.45, 2.75) is 25.8 Å². The molecule has 5 rings (SSSR count). The summed E-state index contributed by atoms with van der Waals surface area (Å²) < 4.78 is 17.4. The molecule has 1 aliphatic rings. The summed E-state index contributed by atoms with van der Waals surface area (Å²) in [6.07, 6.45) is 1.33. The van der Waals surface area contributed by atoms with Gasteiger partial charge < -0.3 is 19.1 Å². The number of likely N-dealkylation sites (tertiary alicyclic amines) is 1. The smallest absolute Gasteiger partial charge is 0.254 e. The van der Waals surface area contributed by atoms with Crippen LogP contribution in [0.3, 0.4) is 0 Å². The summed E-state index contributed by atoms with van der Waals surface area (Å²) in [5, 5.41) is 3.13. The fourth-order valence-electron chi connectivity index (χ4n) is 4.92. The fraction of sp³-hybridized carbons (Fsp3) is 0.276. The highest BCUT2D eigenvalue weighted by atomic mass is 32.1. The Kier molecular flexibility index (Phi) is 6.84. The van der Waals surface area contributed by atoms with Crippen LogP contribution in [0.2, 0.25) is 0 Å². The van der Waals surface area contributed by atoms with Gasteiger partial charge in [0.2, 0.25) is 5.78 Å². The molecule has 2 aromatic heterocycles. The quantitative estimate of drug-likeness (QED) is 0.290. The van der Waals surface area contributed by atoms with Crippen LogP contribution >= 0.6 is 11.3 Å². The molecule has 8 heteroatoms. The molecule has 0 unspecified atom stereocenters. The lowest BCUT2D eigenvalue weighted by molar-refractivity contribution is 0.0669. The molecule has 0 saturated carbocycles. The lowest BCUT2D eigenvalue weighted by Gasteiger charge is -2.24. The largest absolute Gasteiger partial charge is 0.494 e. The molecule has 37 heavy (non-hydrogen) atoms. The number of rotatable bonds is 7. The molecule has 0 N–H and O–H groups in total. The van der Waals surface area contributed by atoms with Gasteiger partial charge in [0.1, 0.15) is 17.1 Å². The van der Waals surface area contributed by atoms with E-state index >= 15 is 0 Å². The highest BCUT2D eigenvalue weighted by molar-refractivity contribution is 7.18. The fourth-order valence-corrected chi connectivity index (χ4v) is 5.95. The third-order valence-electron chi connectivity index (χ3n) is 6.83. The zero-order valence-electron chi connectivity index (χ0n) is 21.2. The molecule has 1 saturated heterocycles. The number of pyridine rings is 1. The average Bonchev–Trinajstić information content (AvgIpc) is 3.60. The van der Waals surface area contributed by atoms with Gasteiger partial charge in [-0.05, 0) is 55.7 Å². The van der Waals surface area contributed by atoms with Gasteiger partial charge in [-0.2, -0.15) is 0 Å². The van der Waals surface area contributed by atoms with Crippen molar-refractivity contribution in [1.29, 1.82) is 0 Å². The maximum absolute atomic E-state index is 13.7. The van der Waals surface area contributed by atoms with Crippen molar-refractivity contribution in [3.63, 3.8) is 0 Å². The van der Waals surface area contributed by atoms with Crippen LogP contribution in [0.1, 0.15) is 39.3 Å². The standard InChI is InChI=1S/C29H28N2O5S/c1-17-7-5-8-19-20(16-37-28(17)19)26-24(35-3)13-11-21(30-26)27(32)22-9-6-14-31(22)29(33)18-10-12-23(34-2)25(15-18)36-4/h5,7-8,10-13,15-16,22H,6,9,14H2,1-4H3/t22-/m0/s1. The first kappa shape index (κ1) is 24.8. The molecule has 1 aliphatic heterocycles. The number of benzene rings is 2. The number of fused-ring (bicyclic) bond motifs is 1. The van der Waals surface area contributed by atoms with Crippen molar-refractivity contribution in [3.8, 4) is 28.5 Å². The van der Waals surface area contributed by atoms with Gasteiger partial charge in [0, 0.05) is 33.1 Å². The number of carbonyl (C=O) groups excluding carboxylic acids is 2. The Labute approximate surface area is 219 Å². The number of nitrogens with zero attached hydrogens (tertiary/aromatic N) is 2. The first-order valence-corrected chi connectivity index (χ1v) is 12.9. The van der Waals surface area contributed by atoms with Crippen LogP contribution in [-0.4, -0.2) is 55.5 Å². The van der Waals surface area contributed by atoms with Gasteiger partial charge >= 0.3 is 0 Å². The number of hydrogen-bond donors (Lipinski definition) is 0. The molecule has 7 nitrogen and oxygen atoms in total. The summed E-state index contributed by atoms with van der Waals surface area (Å²) in [6.45, 7) is 2.58. The first-order chi connectivity index (χ1) is 18.0. The number of aryl methyl sites for hydroxylation is 1. The molecular weight excluding hydrogens is 488 g/mol. The number of aromatic nitrogens is 1. The van der Waals surface area contributed by atoms with Crippen molar-refractivity contribution >= 4 is 33.1 Å². The Morgan fingerprint density at radius 1 is 0.973 bits per heavy atom.